The summed E-state index contributed by atoms with van der Waals surface area (Å²) in [4.78, 5) is 6.42. The molecule has 0 saturated heterocycles. The Balaban J connectivity index is 2.20. The third-order valence-electron chi connectivity index (χ3n) is 3.33. The molecule has 0 saturated carbocycles. The summed E-state index contributed by atoms with van der Waals surface area (Å²) in [7, 11) is 1.99. The first kappa shape index (κ1) is 13.6. The zero-order valence-corrected chi connectivity index (χ0v) is 11.7. The van der Waals surface area contributed by atoms with E-state index in [1.165, 1.54) is 5.56 Å². The molecule has 0 aliphatic heterocycles. The number of benzene rings is 1. The fourth-order valence-electron chi connectivity index (χ4n) is 1.93. The number of aromatic nitrogens is 1. The molecule has 1 aromatic heterocycles. The molecule has 1 N–H and O–H groups in total. The van der Waals surface area contributed by atoms with Gasteiger partial charge in [0.2, 0.25) is 0 Å². The third-order valence-corrected chi connectivity index (χ3v) is 3.33. The van der Waals surface area contributed by atoms with E-state index in [0.29, 0.717) is 0 Å². The molecular formula is C16H20N2O. The van der Waals surface area contributed by atoms with Gasteiger partial charge in [-0.25, -0.2) is 4.98 Å². The molecule has 19 heavy (non-hydrogen) atoms. The smallest absolute Gasteiger partial charge is 0.132 e. The van der Waals surface area contributed by atoms with Gasteiger partial charge < -0.3 is 10.0 Å². The molecule has 0 spiro atoms. The molecular weight excluding hydrogens is 236 g/mol. The molecule has 0 aliphatic carbocycles. The maximum absolute atomic E-state index is 9.47. The normalized spacial score (nSPS) is 12.2. The van der Waals surface area contributed by atoms with Crippen LogP contribution in [0.1, 0.15) is 31.1 Å². The SMILES string of the molecule is CCc1ccc(N(C)c2ccc([C@H](C)O)cn2)cc1. The molecule has 1 aromatic carbocycles. The van der Waals surface area contributed by atoms with Crippen molar-refractivity contribution in [3.63, 3.8) is 0 Å². The van der Waals surface area contributed by atoms with E-state index >= 15 is 0 Å². The van der Waals surface area contributed by atoms with Gasteiger partial charge in [0, 0.05) is 18.9 Å². The Morgan fingerprint density at radius 1 is 1.16 bits per heavy atom. The van der Waals surface area contributed by atoms with Crippen LogP contribution in [0.4, 0.5) is 11.5 Å². The van der Waals surface area contributed by atoms with Gasteiger partial charge in [-0.15, -0.1) is 0 Å². The maximum atomic E-state index is 9.47. The van der Waals surface area contributed by atoms with Crippen molar-refractivity contribution in [2.75, 3.05) is 11.9 Å². The predicted molar refractivity (Wildman–Crippen MR) is 78.8 cm³/mol. The van der Waals surface area contributed by atoms with Gasteiger partial charge in [0.25, 0.3) is 0 Å². The van der Waals surface area contributed by atoms with Crippen LogP contribution in [0.25, 0.3) is 0 Å². The zero-order chi connectivity index (χ0) is 13.8. The lowest BCUT2D eigenvalue weighted by Gasteiger charge is -2.19. The summed E-state index contributed by atoms with van der Waals surface area (Å²) in [6.45, 7) is 3.89. The Morgan fingerprint density at radius 3 is 2.32 bits per heavy atom. The largest absolute Gasteiger partial charge is 0.389 e. The molecule has 0 amide bonds. The molecule has 0 radical (unpaired) electrons. The van der Waals surface area contributed by atoms with Crippen molar-refractivity contribution in [2.45, 2.75) is 26.4 Å². The average Bonchev–Trinajstić information content (AvgIpc) is 2.46. The minimum absolute atomic E-state index is 0.476. The van der Waals surface area contributed by atoms with Crippen LogP contribution in [-0.2, 0) is 6.42 Å². The van der Waals surface area contributed by atoms with Crippen LogP contribution >= 0.6 is 0 Å². The number of anilines is 2. The van der Waals surface area contributed by atoms with Gasteiger partial charge in [-0.2, -0.15) is 0 Å². The van der Waals surface area contributed by atoms with Crippen LogP contribution in [0.15, 0.2) is 42.6 Å². The van der Waals surface area contributed by atoms with Gasteiger partial charge in [-0.3, -0.25) is 0 Å². The number of pyridine rings is 1. The van der Waals surface area contributed by atoms with Crippen molar-refractivity contribution in [2.24, 2.45) is 0 Å². The summed E-state index contributed by atoms with van der Waals surface area (Å²) in [5, 5.41) is 9.47. The first-order chi connectivity index (χ1) is 9.11. The minimum atomic E-state index is -0.476. The van der Waals surface area contributed by atoms with E-state index in [4.69, 9.17) is 0 Å². The van der Waals surface area contributed by atoms with E-state index in [9.17, 15) is 5.11 Å². The highest BCUT2D eigenvalue weighted by molar-refractivity contribution is 5.59. The second kappa shape index (κ2) is 5.85. The molecule has 2 aromatic rings. The molecule has 1 atom stereocenters. The van der Waals surface area contributed by atoms with Crippen molar-refractivity contribution < 1.29 is 5.11 Å². The van der Waals surface area contributed by atoms with Crippen LogP contribution in [-0.4, -0.2) is 17.1 Å². The maximum Gasteiger partial charge on any atom is 0.132 e. The lowest BCUT2D eigenvalue weighted by atomic mass is 10.1. The van der Waals surface area contributed by atoms with Crippen LogP contribution in [0.3, 0.4) is 0 Å². The Bertz CT molecular complexity index is 517. The number of rotatable bonds is 4. The van der Waals surface area contributed by atoms with E-state index < -0.39 is 6.10 Å². The number of aryl methyl sites for hydroxylation is 1. The van der Waals surface area contributed by atoms with Gasteiger partial charge in [0.1, 0.15) is 5.82 Å². The van der Waals surface area contributed by atoms with Crippen molar-refractivity contribution in [1.29, 1.82) is 0 Å². The second-order valence-electron chi connectivity index (χ2n) is 4.70. The molecule has 3 heteroatoms. The highest BCUT2D eigenvalue weighted by Crippen LogP contribution is 2.23. The summed E-state index contributed by atoms with van der Waals surface area (Å²) >= 11 is 0. The topological polar surface area (TPSA) is 36.4 Å². The first-order valence-electron chi connectivity index (χ1n) is 6.58. The van der Waals surface area contributed by atoms with Gasteiger partial charge in [-0.05, 0) is 42.7 Å². The van der Waals surface area contributed by atoms with E-state index in [1.54, 1.807) is 13.1 Å². The summed E-state index contributed by atoms with van der Waals surface area (Å²) < 4.78 is 0. The van der Waals surface area contributed by atoms with Crippen molar-refractivity contribution in [1.82, 2.24) is 4.98 Å². The predicted octanol–water partition coefficient (Wildman–Crippen LogP) is 3.47. The molecule has 100 valence electrons. The van der Waals surface area contributed by atoms with E-state index in [1.807, 2.05) is 24.1 Å². The Kier molecular flexibility index (Phi) is 4.17. The molecule has 0 unspecified atom stereocenters. The third kappa shape index (κ3) is 3.12. The average molecular weight is 256 g/mol. The molecule has 0 fully saturated rings. The Labute approximate surface area is 114 Å². The molecule has 0 aliphatic rings. The minimum Gasteiger partial charge on any atom is -0.389 e. The summed E-state index contributed by atoms with van der Waals surface area (Å²) in [5.74, 6) is 0.869. The first-order valence-corrected chi connectivity index (χ1v) is 6.58. The summed E-state index contributed by atoms with van der Waals surface area (Å²) in [6.07, 6.45) is 2.29. The quantitative estimate of drug-likeness (QED) is 0.910. The van der Waals surface area contributed by atoms with Gasteiger partial charge in [0.05, 0.1) is 6.10 Å². The van der Waals surface area contributed by atoms with Crippen LogP contribution in [0.5, 0.6) is 0 Å². The van der Waals surface area contributed by atoms with Crippen molar-refractivity contribution in [3.8, 4) is 0 Å². The monoisotopic (exact) mass is 256 g/mol. The van der Waals surface area contributed by atoms with Gasteiger partial charge in [0.15, 0.2) is 0 Å². The Morgan fingerprint density at radius 2 is 1.84 bits per heavy atom. The molecule has 2 rings (SSSR count). The highest BCUT2D eigenvalue weighted by atomic mass is 16.3. The van der Waals surface area contributed by atoms with Crippen molar-refractivity contribution >= 4 is 11.5 Å². The second-order valence-corrected chi connectivity index (χ2v) is 4.70. The Hall–Kier alpha value is -1.87. The van der Waals surface area contributed by atoms with Gasteiger partial charge >= 0.3 is 0 Å². The molecule has 1 heterocycles. The summed E-state index contributed by atoms with van der Waals surface area (Å²) in [5.41, 5.74) is 3.27. The number of aliphatic hydroxyl groups excluding tert-OH is 1. The molecule has 3 nitrogen and oxygen atoms in total. The van der Waals surface area contributed by atoms with Crippen molar-refractivity contribution in [3.05, 3.63) is 53.7 Å². The van der Waals surface area contributed by atoms with E-state index in [-0.39, 0.29) is 0 Å². The number of hydrogen-bond acceptors (Lipinski definition) is 3. The fraction of sp³-hybridized carbons (Fsp3) is 0.312. The fourth-order valence-corrected chi connectivity index (χ4v) is 1.93. The molecule has 0 bridgehead atoms. The standard InChI is InChI=1S/C16H20N2O/c1-4-13-5-8-15(9-6-13)18(3)16-10-7-14(11-17-16)12(2)19/h5-12,19H,4H2,1-3H3/t12-/m0/s1. The zero-order valence-electron chi connectivity index (χ0n) is 11.7. The van der Waals surface area contributed by atoms with E-state index in [2.05, 4.69) is 36.2 Å². The number of nitrogens with zero attached hydrogens (tertiary/aromatic N) is 2. The van der Waals surface area contributed by atoms with Crippen LogP contribution in [0, 0.1) is 0 Å². The van der Waals surface area contributed by atoms with E-state index in [0.717, 1.165) is 23.5 Å². The highest BCUT2D eigenvalue weighted by Gasteiger charge is 2.06. The lowest BCUT2D eigenvalue weighted by molar-refractivity contribution is 0.199. The van der Waals surface area contributed by atoms with Gasteiger partial charge in [-0.1, -0.05) is 25.1 Å². The summed E-state index contributed by atoms with van der Waals surface area (Å²) in [6, 6.07) is 12.3. The van der Waals surface area contributed by atoms with Crippen LogP contribution < -0.4 is 4.90 Å². The number of hydrogen-bond donors (Lipinski definition) is 1. The van der Waals surface area contributed by atoms with Crippen LogP contribution in [0.2, 0.25) is 0 Å². The lowest BCUT2D eigenvalue weighted by Crippen LogP contribution is -2.11. The number of aliphatic hydroxyl groups is 1.